The molecule has 0 bridgehead atoms. The van der Waals surface area contributed by atoms with Crippen molar-refractivity contribution in [2.75, 3.05) is 13.7 Å². The zero-order valence-electron chi connectivity index (χ0n) is 13.8. The summed E-state index contributed by atoms with van der Waals surface area (Å²) in [5.41, 5.74) is 2.33. The Labute approximate surface area is 159 Å². The fourth-order valence-corrected chi connectivity index (χ4v) is 3.01. The number of ether oxygens (including phenoxy) is 1. The summed E-state index contributed by atoms with van der Waals surface area (Å²) in [6.45, 7) is 4.60. The summed E-state index contributed by atoms with van der Waals surface area (Å²) in [4.78, 5) is 14.4. The van der Waals surface area contributed by atoms with Crippen molar-refractivity contribution in [3.8, 4) is 5.75 Å². The van der Waals surface area contributed by atoms with E-state index in [1.54, 1.807) is 18.0 Å². The molecule has 25 heavy (non-hydrogen) atoms. The fourth-order valence-electron chi connectivity index (χ4n) is 2.52. The van der Waals surface area contributed by atoms with E-state index in [4.69, 9.17) is 4.74 Å². The lowest BCUT2D eigenvalue weighted by Crippen LogP contribution is -2.26. The van der Waals surface area contributed by atoms with E-state index in [-0.39, 0.29) is 5.91 Å². The molecule has 0 saturated heterocycles. The predicted molar refractivity (Wildman–Crippen MR) is 107 cm³/mol. The second-order valence-corrected chi connectivity index (χ2v) is 6.91. The number of aromatic amines is 1. The molecule has 1 heterocycles. The number of halogens is 1. The van der Waals surface area contributed by atoms with Gasteiger partial charge in [-0.15, -0.1) is 0 Å². The van der Waals surface area contributed by atoms with Crippen molar-refractivity contribution >= 4 is 39.4 Å². The average Bonchev–Trinajstić information content (AvgIpc) is 3.03. The Balaban J connectivity index is 1.73. The second-order valence-electron chi connectivity index (χ2n) is 5.67. The number of benzene rings is 2. The van der Waals surface area contributed by atoms with Gasteiger partial charge in [0.05, 0.1) is 5.52 Å². The number of rotatable bonds is 6. The van der Waals surface area contributed by atoms with Gasteiger partial charge in [0.25, 0.3) is 5.91 Å². The Morgan fingerprint density at radius 2 is 2.08 bits per heavy atom. The number of amides is 1. The Kier molecular flexibility index (Phi) is 5.37. The van der Waals surface area contributed by atoms with E-state index in [0.29, 0.717) is 18.8 Å². The van der Waals surface area contributed by atoms with Crippen molar-refractivity contribution in [1.82, 2.24) is 15.1 Å². The van der Waals surface area contributed by atoms with Gasteiger partial charge in [-0.1, -0.05) is 24.8 Å². The molecule has 0 fully saturated rings. The number of hydrogen-bond acceptors (Lipinski definition) is 3. The van der Waals surface area contributed by atoms with Gasteiger partial charge in [-0.05, 0) is 58.5 Å². The Morgan fingerprint density at radius 1 is 1.32 bits per heavy atom. The van der Waals surface area contributed by atoms with Crippen LogP contribution in [0.3, 0.4) is 0 Å². The first kappa shape index (κ1) is 17.5. The third kappa shape index (κ3) is 4.01. The molecule has 0 spiro atoms. The number of fused-ring (bicyclic) bond motifs is 1. The maximum atomic E-state index is 12.7. The van der Waals surface area contributed by atoms with Gasteiger partial charge in [-0.2, -0.15) is 5.10 Å². The Morgan fingerprint density at radius 3 is 2.80 bits per heavy atom. The lowest BCUT2D eigenvalue weighted by atomic mass is 10.1. The van der Waals surface area contributed by atoms with Gasteiger partial charge in [-0.3, -0.25) is 9.89 Å². The summed E-state index contributed by atoms with van der Waals surface area (Å²) in [6, 6.07) is 13.6. The van der Waals surface area contributed by atoms with Gasteiger partial charge >= 0.3 is 0 Å². The largest absolute Gasteiger partial charge is 0.490 e. The molecule has 0 aliphatic rings. The molecular weight excluding hydrogens is 429 g/mol. The van der Waals surface area contributed by atoms with Crippen LogP contribution in [0.15, 0.2) is 55.1 Å². The fraction of sp³-hybridized carbons (Fsp3) is 0.158. The van der Waals surface area contributed by atoms with Gasteiger partial charge in [0.2, 0.25) is 0 Å². The average molecular weight is 447 g/mol. The van der Waals surface area contributed by atoms with Crippen LogP contribution in [0.4, 0.5) is 0 Å². The summed E-state index contributed by atoms with van der Waals surface area (Å²) in [5.74, 6) is 0.672. The number of nitrogens with one attached hydrogen (secondary N) is 1. The van der Waals surface area contributed by atoms with E-state index in [1.807, 2.05) is 42.5 Å². The summed E-state index contributed by atoms with van der Waals surface area (Å²) < 4.78 is 6.54. The van der Waals surface area contributed by atoms with Crippen molar-refractivity contribution in [1.29, 1.82) is 0 Å². The molecule has 2 aromatic carbocycles. The van der Waals surface area contributed by atoms with Crippen molar-refractivity contribution in [3.05, 3.63) is 69.9 Å². The molecule has 128 valence electrons. The van der Waals surface area contributed by atoms with Crippen molar-refractivity contribution in [3.63, 3.8) is 0 Å². The van der Waals surface area contributed by atoms with Gasteiger partial charge in [0, 0.05) is 22.5 Å². The molecule has 1 N–H and O–H groups in total. The molecule has 0 atom stereocenters. The molecule has 3 rings (SSSR count). The number of nitrogens with zero attached hydrogens (tertiary/aromatic N) is 2. The van der Waals surface area contributed by atoms with E-state index in [0.717, 1.165) is 25.8 Å². The molecule has 5 nitrogen and oxygen atoms in total. The number of hydrogen-bond donors (Lipinski definition) is 1. The first-order valence-corrected chi connectivity index (χ1v) is 8.88. The van der Waals surface area contributed by atoms with Gasteiger partial charge in [0.15, 0.2) is 5.69 Å². The molecule has 1 amide bonds. The highest BCUT2D eigenvalue weighted by Crippen LogP contribution is 2.21. The lowest BCUT2D eigenvalue weighted by Gasteiger charge is -2.16. The minimum absolute atomic E-state index is 0.111. The van der Waals surface area contributed by atoms with E-state index in [2.05, 4.69) is 39.4 Å². The highest BCUT2D eigenvalue weighted by Gasteiger charge is 2.18. The van der Waals surface area contributed by atoms with Crippen LogP contribution in [0.2, 0.25) is 0 Å². The summed E-state index contributed by atoms with van der Waals surface area (Å²) in [5, 5.41) is 7.96. The number of aromatic nitrogens is 2. The minimum Gasteiger partial charge on any atom is -0.490 e. The van der Waals surface area contributed by atoms with Gasteiger partial charge < -0.3 is 9.64 Å². The predicted octanol–water partition coefficient (Wildman–Crippen LogP) is 4.00. The van der Waals surface area contributed by atoms with Crippen LogP contribution in [0.1, 0.15) is 16.1 Å². The van der Waals surface area contributed by atoms with Crippen LogP contribution < -0.4 is 4.74 Å². The molecular formula is C19H18IN3O2. The third-order valence-corrected chi connectivity index (χ3v) is 4.46. The Hall–Kier alpha value is -2.35. The maximum absolute atomic E-state index is 12.7. The zero-order chi connectivity index (χ0) is 17.8. The van der Waals surface area contributed by atoms with Crippen LogP contribution in [0.25, 0.3) is 10.9 Å². The lowest BCUT2D eigenvalue weighted by molar-refractivity contribution is 0.0781. The highest BCUT2D eigenvalue weighted by molar-refractivity contribution is 14.1. The standard InChI is InChI=1S/C19H18IN3O2/c1-3-10-25-15-7-4-13(5-8-15)12-23(2)19(24)18-16-11-14(20)6-9-17(16)21-22-18/h3-9,11H,1,10,12H2,2H3,(H,21,22). The normalized spacial score (nSPS) is 10.6. The van der Waals surface area contributed by atoms with Gasteiger partial charge in [-0.25, -0.2) is 0 Å². The van der Waals surface area contributed by atoms with Crippen LogP contribution >= 0.6 is 22.6 Å². The number of H-pyrrole nitrogens is 1. The monoisotopic (exact) mass is 447 g/mol. The second kappa shape index (κ2) is 7.69. The molecule has 0 radical (unpaired) electrons. The molecule has 6 heteroatoms. The number of carbonyl (C=O) groups is 1. The topological polar surface area (TPSA) is 58.2 Å². The third-order valence-electron chi connectivity index (χ3n) is 3.79. The van der Waals surface area contributed by atoms with Crippen LogP contribution in [0.5, 0.6) is 5.75 Å². The first-order chi connectivity index (χ1) is 12.1. The molecule has 1 aromatic heterocycles. The van der Waals surface area contributed by atoms with Crippen molar-refractivity contribution in [2.45, 2.75) is 6.54 Å². The zero-order valence-corrected chi connectivity index (χ0v) is 16.0. The van der Waals surface area contributed by atoms with Crippen LogP contribution in [0, 0.1) is 3.57 Å². The molecule has 0 aliphatic carbocycles. The Bertz CT molecular complexity index is 903. The molecule has 3 aromatic rings. The van der Waals surface area contributed by atoms with E-state index >= 15 is 0 Å². The molecule has 0 aliphatic heterocycles. The van der Waals surface area contributed by atoms with Crippen molar-refractivity contribution in [2.24, 2.45) is 0 Å². The maximum Gasteiger partial charge on any atom is 0.275 e. The summed E-state index contributed by atoms with van der Waals surface area (Å²) in [7, 11) is 1.78. The first-order valence-electron chi connectivity index (χ1n) is 7.80. The summed E-state index contributed by atoms with van der Waals surface area (Å²) >= 11 is 2.23. The van der Waals surface area contributed by atoms with E-state index in [1.165, 1.54) is 0 Å². The smallest absolute Gasteiger partial charge is 0.275 e. The van der Waals surface area contributed by atoms with E-state index < -0.39 is 0 Å². The minimum atomic E-state index is -0.111. The quantitative estimate of drug-likeness (QED) is 0.459. The number of carbonyl (C=O) groups excluding carboxylic acids is 1. The van der Waals surface area contributed by atoms with Crippen LogP contribution in [-0.2, 0) is 6.54 Å². The van der Waals surface area contributed by atoms with E-state index in [9.17, 15) is 4.79 Å². The van der Waals surface area contributed by atoms with Crippen LogP contribution in [-0.4, -0.2) is 34.7 Å². The van der Waals surface area contributed by atoms with Crippen molar-refractivity contribution < 1.29 is 9.53 Å². The molecule has 0 unspecified atom stereocenters. The SMILES string of the molecule is C=CCOc1ccc(CN(C)C(=O)c2n[nH]c3ccc(I)cc23)cc1. The summed E-state index contributed by atoms with van der Waals surface area (Å²) in [6.07, 6.45) is 1.70. The molecule has 0 saturated carbocycles. The highest BCUT2D eigenvalue weighted by atomic mass is 127. The van der Waals surface area contributed by atoms with Gasteiger partial charge in [0.1, 0.15) is 12.4 Å².